The van der Waals surface area contributed by atoms with E-state index in [9.17, 15) is 20.1 Å². The molecule has 1 aliphatic rings. The molecule has 0 spiro atoms. The van der Waals surface area contributed by atoms with Crippen LogP contribution in [0.5, 0.6) is 0 Å². The standard InChI is InChI=1S/C17H28O4/c1-2-3-4-5-6-7-8-9-12-17(21)13-10-11-14(18)15(17)16(19)20/h10-11,13,15,18,21H,2-9,12H2,1H3,(H,19,20)/p-1. The Morgan fingerprint density at radius 2 is 1.76 bits per heavy atom. The molecule has 2 atom stereocenters. The quantitative estimate of drug-likeness (QED) is 0.607. The van der Waals surface area contributed by atoms with Crippen molar-refractivity contribution >= 4 is 5.97 Å². The van der Waals surface area contributed by atoms with Gasteiger partial charge in [0.05, 0.1) is 17.5 Å². The number of carbonyl (C=O) groups excluding carboxylic acids is 1. The lowest BCUT2D eigenvalue weighted by atomic mass is 9.79. The minimum atomic E-state index is -1.53. The molecule has 0 aromatic carbocycles. The Kier molecular flexibility index (Phi) is 7.51. The number of unbranched alkanes of at least 4 members (excludes halogenated alkanes) is 7. The zero-order chi connectivity index (χ0) is 15.7. The fourth-order valence-electron chi connectivity index (χ4n) is 2.86. The van der Waals surface area contributed by atoms with E-state index in [0.29, 0.717) is 6.42 Å². The summed E-state index contributed by atoms with van der Waals surface area (Å²) >= 11 is 0. The van der Waals surface area contributed by atoms with Crippen molar-refractivity contribution in [2.45, 2.75) is 70.3 Å². The molecule has 0 saturated carbocycles. The van der Waals surface area contributed by atoms with Gasteiger partial charge in [-0.15, -0.1) is 0 Å². The van der Waals surface area contributed by atoms with Gasteiger partial charge in [-0.1, -0.05) is 70.4 Å². The van der Waals surface area contributed by atoms with Crippen LogP contribution in [0.2, 0.25) is 0 Å². The number of hydrogen-bond acceptors (Lipinski definition) is 4. The topological polar surface area (TPSA) is 80.6 Å². The van der Waals surface area contributed by atoms with E-state index in [-0.39, 0.29) is 5.76 Å². The third kappa shape index (κ3) is 5.54. The van der Waals surface area contributed by atoms with Crippen molar-refractivity contribution in [3.63, 3.8) is 0 Å². The van der Waals surface area contributed by atoms with Crippen molar-refractivity contribution in [2.75, 3.05) is 0 Å². The van der Waals surface area contributed by atoms with E-state index in [0.717, 1.165) is 19.3 Å². The normalized spacial score (nSPS) is 24.9. The Morgan fingerprint density at radius 3 is 2.33 bits per heavy atom. The van der Waals surface area contributed by atoms with Crippen molar-refractivity contribution in [1.29, 1.82) is 0 Å². The lowest BCUT2D eigenvalue weighted by Crippen LogP contribution is -2.48. The molecule has 0 radical (unpaired) electrons. The molecule has 4 heteroatoms. The molecule has 1 aliphatic carbocycles. The monoisotopic (exact) mass is 295 g/mol. The average Bonchev–Trinajstić information content (AvgIpc) is 2.41. The molecule has 0 amide bonds. The lowest BCUT2D eigenvalue weighted by Gasteiger charge is -2.36. The first-order chi connectivity index (χ1) is 10.0. The van der Waals surface area contributed by atoms with Gasteiger partial charge in [-0.05, 0) is 12.5 Å². The van der Waals surface area contributed by atoms with Crippen molar-refractivity contribution < 1.29 is 20.1 Å². The largest absolute Gasteiger partial charge is 0.549 e. The predicted molar refractivity (Wildman–Crippen MR) is 80.5 cm³/mol. The van der Waals surface area contributed by atoms with Crippen LogP contribution in [0.3, 0.4) is 0 Å². The Hall–Kier alpha value is -1.29. The minimum absolute atomic E-state index is 0.328. The van der Waals surface area contributed by atoms with Crippen LogP contribution in [-0.4, -0.2) is 21.8 Å². The maximum absolute atomic E-state index is 11.1. The third-order valence-electron chi connectivity index (χ3n) is 4.11. The smallest absolute Gasteiger partial charge is 0.104 e. The number of hydrogen-bond donors (Lipinski definition) is 2. The second-order valence-corrected chi connectivity index (χ2v) is 5.92. The van der Waals surface area contributed by atoms with Crippen LogP contribution in [0, 0.1) is 5.92 Å². The Bertz CT molecular complexity index is 386. The van der Waals surface area contributed by atoms with Crippen molar-refractivity contribution in [2.24, 2.45) is 5.92 Å². The van der Waals surface area contributed by atoms with Gasteiger partial charge < -0.3 is 20.1 Å². The molecular formula is C17H27O4-. The van der Waals surface area contributed by atoms with Gasteiger partial charge in [0.2, 0.25) is 0 Å². The number of aliphatic carboxylic acids is 1. The summed E-state index contributed by atoms with van der Waals surface area (Å²) in [7, 11) is 0. The Balaban J connectivity index is 2.31. The first kappa shape index (κ1) is 17.8. The lowest BCUT2D eigenvalue weighted by molar-refractivity contribution is -0.315. The highest BCUT2D eigenvalue weighted by molar-refractivity contribution is 5.73. The summed E-state index contributed by atoms with van der Waals surface area (Å²) in [5, 5.41) is 31.2. The highest BCUT2D eigenvalue weighted by Gasteiger charge is 2.39. The third-order valence-corrected chi connectivity index (χ3v) is 4.11. The maximum atomic E-state index is 11.1. The van der Waals surface area contributed by atoms with Gasteiger partial charge in [0.25, 0.3) is 0 Å². The van der Waals surface area contributed by atoms with Gasteiger partial charge in [0.15, 0.2) is 0 Å². The zero-order valence-corrected chi connectivity index (χ0v) is 12.9. The summed E-state index contributed by atoms with van der Waals surface area (Å²) in [5.41, 5.74) is -1.53. The summed E-state index contributed by atoms with van der Waals surface area (Å²) in [6.07, 6.45) is 13.6. The molecule has 0 saturated heterocycles. The average molecular weight is 295 g/mol. The van der Waals surface area contributed by atoms with Crippen LogP contribution >= 0.6 is 0 Å². The summed E-state index contributed by atoms with van der Waals surface area (Å²) in [6.45, 7) is 2.19. The number of carbonyl (C=O) groups is 1. The van der Waals surface area contributed by atoms with Gasteiger partial charge in [0, 0.05) is 0 Å². The number of aliphatic hydroxyl groups is 2. The molecule has 0 aliphatic heterocycles. The van der Waals surface area contributed by atoms with E-state index in [2.05, 4.69) is 6.92 Å². The van der Waals surface area contributed by atoms with Gasteiger partial charge in [-0.3, -0.25) is 0 Å². The molecule has 1 rings (SSSR count). The molecular weight excluding hydrogens is 268 g/mol. The highest BCUT2D eigenvalue weighted by Crippen LogP contribution is 2.33. The van der Waals surface area contributed by atoms with Crippen molar-refractivity contribution in [1.82, 2.24) is 0 Å². The fourth-order valence-corrected chi connectivity index (χ4v) is 2.86. The summed E-state index contributed by atoms with van der Waals surface area (Å²) in [6, 6.07) is 0. The predicted octanol–water partition coefficient (Wildman–Crippen LogP) is 2.63. The SMILES string of the molecule is CCCCCCCCCCC1(O)C=CC=C(O)C1C(=O)[O-]. The van der Waals surface area contributed by atoms with Gasteiger partial charge >= 0.3 is 0 Å². The van der Waals surface area contributed by atoms with E-state index in [1.165, 1.54) is 50.3 Å². The van der Waals surface area contributed by atoms with Crippen LogP contribution in [0.4, 0.5) is 0 Å². The first-order valence-electron chi connectivity index (χ1n) is 8.03. The second kappa shape index (κ2) is 8.88. The van der Waals surface area contributed by atoms with E-state index >= 15 is 0 Å². The van der Waals surface area contributed by atoms with Crippen LogP contribution in [0.1, 0.15) is 64.7 Å². The van der Waals surface area contributed by atoms with Crippen molar-refractivity contribution in [3.8, 4) is 0 Å². The van der Waals surface area contributed by atoms with E-state index in [1.54, 1.807) is 0 Å². The molecule has 120 valence electrons. The number of allylic oxidation sites excluding steroid dienone is 2. The van der Waals surface area contributed by atoms with Gasteiger partial charge in [-0.25, -0.2) is 0 Å². The van der Waals surface area contributed by atoms with Gasteiger partial charge in [-0.2, -0.15) is 0 Å². The molecule has 2 unspecified atom stereocenters. The minimum Gasteiger partial charge on any atom is -0.549 e. The van der Waals surface area contributed by atoms with E-state index < -0.39 is 17.5 Å². The Morgan fingerprint density at radius 1 is 1.19 bits per heavy atom. The van der Waals surface area contributed by atoms with E-state index in [4.69, 9.17) is 0 Å². The maximum Gasteiger partial charge on any atom is 0.104 e. The number of aliphatic hydroxyl groups excluding tert-OH is 1. The summed E-state index contributed by atoms with van der Waals surface area (Å²) < 4.78 is 0. The number of rotatable bonds is 10. The second-order valence-electron chi connectivity index (χ2n) is 5.92. The molecule has 21 heavy (non-hydrogen) atoms. The highest BCUT2D eigenvalue weighted by atomic mass is 16.4. The van der Waals surface area contributed by atoms with Crippen LogP contribution in [0.15, 0.2) is 24.0 Å². The molecule has 0 heterocycles. The molecule has 0 fully saturated rings. The van der Waals surface area contributed by atoms with E-state index in [1.807, 2.05) is 0 Å². The Labute approximate surface area is 127 Å². The molecule has 0 aromatic heterocycles. The molecule has 2 N–H and O–H groups in total. The first-order valence-corrected chi connectivity index (χ1v) is 8.03. The zero-order valence-electron chi connectivity index (χ0n) is 12.9. The van der Waals surface area contributed by atoms with Gasteiger partial charge in [0.1, 0.15) is 5.76 Å². The fraction of sp³-hybridized carbons (Fsp3) is 0.706. The number of carboxylic acid groups (broad SMARTS) is 1. The van der Waals surface area contributed by atoms with Crippen molar-refractivity contribution in [3.05, 3.63) is 24.0 Å². The van der Waals surface area contributed by atoms with Crippen LogP contribution in [0.25, 0.3) is 0 Å². The molecule has 4 nitrogen and oxygen atoms in total. The summed E-state index contributed by atoms with van der Waals surface area (Å²) in [5.74, 6) is -3.12. The number of carboxylic acids is 1. The summed E-state index contributed by atoms with van der Waals surface area (Å²) in [4.78, 5) is 11.1. The van der Waals surface area contributed by atoms with Crippen LogP contribution < -0.4 is 5.11 Å². The molecule has 0 bridgehead atoms. The van der Waals surface area contributed by atoms with Crippen LogP contribution in [-0.2, 0) is 4.79 Å². The molecule has 0 aromatic rings.